The number of hydrazone groups is 1. The van der Waals surface area contributed by atoms with Crippen LogP contribution in [0.4, 0.5) is 5.69 Å². The Labute approximate surface area is 167 Å². The van der Waals surface area contributed by atoms with Crippen molar-refractivity contribution in [1.29, 1.82) is 0 Å². The van der Waals surface area contributed by atoms with Gasteiger partial charge in [-0.25, -0.2) is 5.43 Å². The van der Waals surface area contributed by atoms with Crippen molar-refractivity contribution in [3.05, 3.63) is 94.5 Å². The highest BCUT2D eigenvalue weighted by molar-refractivity contribution is 5.84. The van der Waals surface area contributed by atoms with Gasteiger partial charge < -0.3 is 4.74 Å². The first-order valence-corrected chi connectivity index (χ1v) is 8.92. The number of nitrogens with one attached hydrogen (secondary N) is 1. The van der Waals surface area contributed by atoms with Gasteiger partial charge in [0.1, 0.15) is 5.75 Å². The summed E-state index contributed by atoms with van der Waals surface area (Å²) in [5.41, 5.74) is 5.18. The van der Waals surface area contributed by atoms with Crippen LogP contribution < -0.4 is 10.2 Å². The monoisotopic (exact) mass is 389 g/mol. The van der Waals surface area contributed by atoms with E-state index < -0.39 is 16.9 Å². The molecule has 0 radical (unpaired) electrons. The molecule has 29 heavy (non-hydrogen) atoms. The van der Waals surface area contributed by atoms with Crippen molar-refractivity contribution in [3.8, 4) is 16.9 Å². The van der Waals surface area contributed by atoms with Crippen LogP contribution in [0.25, 0.3) is 11.1 Å². The molecule has 146 valence electrons. The van der Waals surface area contributed by atoms with Crippen molar-refractivity contribution in [1.82, 2.24) is 5.43 Å². The van der Waals surface area contributed by atoms with Gasteiger partial charge in [-0.05, 0) is 47.9 Å². The summed E-state index contributed by atoms with van der Waals surface area (Å²) in [4.78, 5) is 22.3. The topological polar surface area (TPSA) is 93.8 Å². The van der Waals surface area contributed by atoms with Crippen molar-refractivity contribution in [2.24, 2.45) is 5.10 Å². The first-order chi connectivity index (χ1) is 14.0. The second-order valence-corrected chi connectivity index (χ2v) is 6.23. The van der Waals surface area contributed by atoms with Gasteiger partial charge in [0.25, 0.3) is 11.6 Å². The summed E-state index contributed by atoms with van der Waals surface area (Å²) in [6, 6.07) is 23.3. The Balaban J connectivity index is 1.53. The molecule has 0 spiro atoms. The average Bonchev–Trinajstić information content (AvgIpc) is 2.75. The van der Waals surface area contributed by atoms with E-state index in [1.165, 1.54) is 18.3 Å². The van der Waals surface area contributed by atoms with Crippen LogP contribution in [0.5, 0.6) is 5.75 Å². The zero-order valence-corrected chi connectivity index (χ0v) is 15.7. The first kappa shape index (κ1) is 19.8. The third-order valence-electron chi connectivity index (χ3n) is 4.14. The summed E-state index contributed by atoms with van der Waals surface area (Å²) in [6.45, 7) is 1.63. The van der Waals surface area contributed by atoms with Crippen molar-refractivity contribution in [2.45, 2.75) is 13.0 Å². The van der Waals surface area contributed by atoms with E-state index in [4.69, 9.17) is 4.74 Å². The fourth-order valence-electron chi connectivity index (χ4n) is 2.56. The molecule has 0 aromatic heterocycles. The molecule has 3 aromatic carbocycles. The number of carbonyl (C=O) groups is 1. The Kier molecular flexibility index (Phi) is 6.32. The number of amides is 1. The lowest BCUT2D eigenvalue weighted by molar-refractivity contribution is -0.384. The van der Waals surface area contributed by atoms with Gasteiger partial charge in [0.15, 0.2) is 6.10 Å². The van der Waals surface area contributed by atoms with E-state index in [0.717, 1.165) is 11.1 Å². The number of ether oxygens (including phenoxy) is 1. The van der Waals surface area contributed by atoms with Crippen molar-refractivity contribution in [2.75, 3.05) is 0 Å². The molecule has 0 aliphatic rings. The van der Waals surface area contributed by atoms with Gasteiger partial charge in [0.2, 0.25) is 0 Å². The summed E-state index contributed by atoms with van der Waals surface area (Å²) in [5.74, 6) is 0.168. The lowest BCUT2D eigenvalue weighted by Crippen LogP contribution is -2.33. The third-order valence-corrected chi connectivity index (χ3v) is 4.14. The van der Waals surface area contributed by atoms with Gasteiger partial charge in [0, 0.05) is 12.1 Å². The maximum atomic E-state index is 12.1. The minimum Gasteiger partial charge on any atom is -0.481 e. The van der Waals surface area contributed by atoms with Crippen molar-refractivity contribution >= 4 is 17.8 Å². The highest BCUT2D eigenvalue weighted by Gasteiger charge is 2.14. The smallest absolute Gasteiger partial charge is 0.280 e. The fourth-order valence-corrected chi connectivity index (χ4v) is 2.56. The third kappa shape index (κ3) is 5.49. The quantitative estimate of drug-likeness (QED) is 0.373. The number of non-ortho nitro benzene ring substituents is 1. The van der Waals surface area contributed by atoms with Crippen LogP contribution in [0.2, 0.25) is 0 Å². The molecule has 0 aliphatic heterocycles. The number of benzene rings is 3. The Morgan fingerprint density at radius 1 is 1.00 bits per heavy atom. The maximum absolute atomic E-state index is 12.1. The summed E-state index contributed by atoms with van der Waals surface area (Å²) in [5, 5.41) is 14.5. The molecule has 0 heterocycles. The molecular formula is C22H19N3O4. The van der Waals surface area contributed by atoms with Gasteiger partial charge in [-0.3, -0.25) is 14.9 Å². The second kappa shape index (κ2) is 9.27. The fraction of sp³-hybridized carbons (Fsp3) is 0.0909. The number of rotatable bonds is 7. The lowest BCUT2D eigenvalue weighted by Gasteiger charge is -2.13. The Morgan fingerprint density at radius 3 is 2.24 bits per heavy atom. The van der Waals surface area contributed by atoms with Crippen LogP contribution in [0.1, 0.15) is 12.5 Å². The highest BCUT2D eigenvalue weighted by atomic mass is 16.6. The van der Waals surface area contributed by atoms with Crippen LogP contribution in [0.3, 0.4) is 0 Å². The minimum absolute atomic E-state index is 0.00788. The first-order valence-electron chi connectivity index (χ1n) is 8.92. The molecule has 0 aliphatic carbocycles. The maximum Gasteiger partial charge on any atom is 0.280 e. The minimum atomic E-state index is -0.744. The van der Waals surface area contributed by atoms with E-state index in [9.17, 15) is 14.9 Å². The molecule has 3 rings (SSSR count). The number of hydrogen-bond acceptors (Lipinski definition) is 5. The van der Waals surface area contributed by atoms with Crippen LogP contribution in [-0.2, 0) is 4.79 Å². The predicted octanol–water partition coefficient (Wildman–Crippen LogP) is 4.18. The van der Waals surface area contributed by atoms with E-state index in [-0.39, 0.29) is 5.69 Å². The largest absolute Gasteiger partial charge is 0.481 e. The number of carbonyl (C=O) groups excluding carboxylic acids is 1. The SMILES string of the molecule is CC(Oc1ccc(-c2ccccc2)cc1)C(=O)N/N=C/c1ccc([N+](=O)[O-])cc1. The van der Waals surface area contributed by atoms with E-state index in [2.05, 4.69) is 10.5 Å². The zero-order valence-electron chi connectivity index (χ0n) is 15.7. The van der Waals surface area contributed by atoms with Crippen LogP contribution in [0, 0.1) is 10.1 Å². The van der Waals surface area contributed by atoms with Gasteiger partial charge in [0.05, 0.1) is 11.1 Å². The summed E-state index contributed by atoms with van der Waals surface area (Å²) < 4.78 is 5.65. The number of nitro groups is 1. The van der Waals surface area contributed by atoms with Crippen molar-refractivity contribution in [3.63, 3.8) is 0 Å². The van der Waals surface area contributed by atoms with Gasteiger partial charge >= 0.3 is 0 Å². The Hall–Kier alpha value is -4.00. The molecule has 0 saturated carbocycles. The standard InChI is InChI=1S/C22H19N3O4/c1-16(22(26)24-23-15-17-7-11-20(12-8-17)25(27)28)29-21-13-9-19(10-14-21)18-5-3-2-4-6-18/h2-16H,1H3,(H,24,26)/b23-15+. The van der Waals surface area contributed by atoms with Gasteiger partial charge in [-0.2, -0.15) is 5.10 Å². The van der Waals surface area contributed by atoms with Crippen LogP contribution in [0.15, 0.2) is 84.0 Å². The summed E-state index contributed by atoms with van der Waals surface area (Å²) in [7, 11) is 0. The van der Waals surface area contributed by atoms with Gasteiger partial charge in [-0.1, -0.05) is 42.5 Å². The second-order valence-electron chi connectivity index (χ2n) is 6.23. The van der Waals surface area contributed by atoms with Crippen molar-refractivity contribution < 1.29 is 14.5 Å². The molecular weight excluding hydrogens is 370 g/mol. The van der Waals surface area contributed by atoms with Crippen LogP contribution >= 0.6 is 0 Å². The molecule has 0 saturated heterocycles. The van der Waals surface area contributed by atoms with E-state index in [0.29, 0.717) is 11.3 Å². The Morgan fingerprint density at radius 2 is 1.62 bits per heavy atom. The Bertz CT molecular complexity index is 1000. The summed E-state index contributed by atoms with van der Waals surface area (Å²) in [6.07, 6.45) is 0.662. The summed E-state index contributed by atoms with van der Waals surface area (Å²) >= 11 is 0. The molecule has 3 aromatic rings. The molecule has 0 fully saturated rings. The molecule has 1 atom stereocenters. The van der Waals surface area contributed by atoms with E-state index >= 15 is 0 Å². The van der Waals surface area contributed by atoms with E-state index in [1.807, 2.05) is 54.6 Å². The number of nitro benzene ring substituents is 1. The zero-order chi connectivity index (χ0) is 20.6. The molecule has 1 amide bonds. The van der Waals surface area contributed by atoms with Gasteiger partial charge in [-0.15, -0.1) is 0 Å². The number of hydrogen-bond donors (Lipinski definition) is 1. The predicted molar refractivity (Wildman–Crippen MR) is 111 cm³/mol. The molecule has 7 heteroatoms. The molecule has 7 nitrogen and oxygen atoms in total. The number of nitrogens with zero attached hydrogens (tertiary/aromatic N) is 2. The molecule has 1 N–H and O–H groups in total. The lowest BCUT2D eigenvalue weighted by atomic mass is 10.1. The average molecular weight is 389 g/mol. The van der Waals surface area contributed by atoms with E-state index in [1.54, 1.807) is 19.1 Å². The molecule has 1 unspecified atom stereocenters. The van der Waals surface area contributed by atoms with Crippen LogP contribution in [-0.4, -0.2) is 23.1 Å². The molecule has 0 bridgehead atoms. The normalized spacial score (nSPS) is 11.8. The highest BCUT2D eigenvalue weighted by Crippen LogP contribution is 2.22.